The van der Waals surface area contributed by atoms with Gasteiger partial charge < -0.3 is 5.32 Å². The van der Waals surface area contributed by atoms with Crippen molar-refractivity contribution in [2.45, 2.75) is 65.5 Å². The van der Waals surface area contributed by atoms with Crippen molar-refractivity contribution in [3.8, 4) is 6.07 Å². The summed E-state index contributed by atoms with van der Waals surface area (Å²) in [5.74, 6) is 2.24. The van der Waals surface area contributed by atoms with Crippen molar-refractivity contribution < 1.29 is 0 Å². The Morgan fingerprint density at radius 2 is 2.00 bits per heavy atom. The van der Waals surface area contributed by atoms with Crippen LogP contribution in [0.3, 0.4) is 0 Å². The second-order valence-electron chi connectivity index (χ2n) is 5.95. The minimum Gasteiger partial charge on any atom is -0.311 e. The summed E-state index contributed by atoms with van der Waals surface area (Å²) >= 11 is 0. The fourth-order valence-corrected chi connectivity index (χ4v) is 2.34. The molecule has 0 saturated heterocycles. The maximum absolute atomic E-state index is 8.55. The zero-order valence-corrected chi connectivity index (χ0v) is 11.2. The molecule has 0 amide bonds. The summed E-state index contributed by atoms with van der Waals surface area (Å²) in [7, 11) is 0. The van der Waals surface area contributed by atoms with Gasteiger partial charge in [0.05, 0.1) is 6.07 Å². The molecular weight excluding hydrogens is 196 g/mol. The molecular formula is C14H26N2. The molecule has 3 unspecified atom stereocenters. The fraction of sp³-hybridized carbons (Fsp3) is 0.929. The number of rotatable bonds is 7. The lowest BCUT2D eigenvalue weighted by Gasteiger charge is -2.24. The van der Waals surface area contributed by atoms with Gasteiger partial charge in [0.2, 0.25) is 0 Å². The molecule has 1 saturated carbocycles. The summed E-state index contributed by atoms with van der Waals surface area (Å²) in [4.78, 5) is 0. The van der Waals surface area contributed by atoms with Crippen LogP contribution in [-0.2, 0) is 0 Å². The molecule has 0 aromatic carbocycles. The van der Waals surface area contributed by atoms with Gasteiger partial charge in [-0.15, -0.1) is 0 Å². The summed E-state index contributed by atoms with van der Waals surface area (Å²) < 4.78 is 0. The Bertz CT molecular complexity index is 240. The normalized spacial score (nSPS) is 25.8. The molecule has 0 aromatic heterocycles. The van der Waals surface area contributed by atoms with Crippen LogP contribution in [0.25, 0.3) is 0 Å². The summed E-state index contributed by atoms with van der Waals surface area (Å²) in [5.41, 5.74) is 0. The number of hydrogen-bond donors (Lipinski definition) is 1. The van der Waals surface area contributed by atoms with Crippen molar-refractivity contribution in [2.24, 2.45) is 17.8 Å². The molecule has 0 bridgehead atoms. The average molecular weight is 222 g/mol. The average Bonchev–Trinajstić information content (AvgIpc) is 2.91. The Kier molecular flexibility index (Phi) is 5.28. The SMILES string of the molecule is CC(C)CC(NC1CC1CCC#N)C(C)C. The van der Waals surface area contributed by atoms with Crippen LogP contribution < -0.4 is 5.32 Å². The largest absolute Gasteiger partial charge is 0.311 e. The molecule has 2 nitrogen and oxygen atoms in total. The van der Waals surface area contributed by atoms with Gasteiger partial charge in [0.1, 0.15) is 0 Å². The Morgan fingerprint density at radius 3 is 2.50 bits per heavy atom. The third kappa shape index (κ3) is 4.53. The van der Waals surface area contributed by atoms with Crippen LogP contribution in [0.4, 0.5) is 0 Å². The Labute approximate surface area is 100 Å². The molecule has 1 rings (SSSR count). The van der Waals surface area contributed by atoms with Crippen molar-refractivity contribution in [1.82, 2.24) is 5.32 Å². The monoisotopic (exact) mass is 222 g/mol. The first-order valence-electron chi connectivity index (χ1n) is 6.67. The van der Waals surface area contributed by atoms with E-state index >= 15 is 0 Å². The van der Waals surface area contributed by atoms with Crippen LogP contribution in [0.1, 0.15) is 53.4 Å². The van der Waals surface area contributed by atoms with Gasteiger partial charge in [-0.1, -0.05) is 27.7 Å². The van der Waals surface area contributed by atoms with Gasteiger partial charge in [-0.3, -0.25) is 0 Å². The van der Waals surface area contributed by atoms with E-state index in [9.17, 15) is 0 Å². The van der Waals surface area contributed by atoms with Crippen molar-refractivity contribution in [2.75, 3.05) is 0 Å². The van der Waals surface area contributed by atoms with E-state index in [1.807, 2.05) is 0 Å². The lowest BCUT2D eigenvalue weighted by atomic mass is 9.94. The standard InChI is InChI=1S/C14H26N2/c1-10(2)8-13(11(3)4)16-14-9-12(14)6-5-7-15/h10-14,16H,5-6,8-9H2,1-4H3. The van der Waals surface area contributed by atoms with E-state index in [0.717, 1.165) is 24.7 Å². The Morgan fingerprint density at radius 1 is 1.31 bits per heavy atom. The van der Waals surface area contributed by atoms with Gasteiger partial charge in [0.15, 0.2) is 0 Å². The first-order chi connectivity index (χ1) is 7.54. The molecule has 1 aliphatic rings. The second kappa shape index (κ2) is 6.25. The highest BCUT2D eigenvalue weighted by molar-refractivity contribution is 4.96. The zero-order chi connectivity index (χ0) is 12.1. The smallest absolute Gasteiger partial charge is 0.0621 e. The number of hydrogen-bond acceptors (Lipinski definition) is 2. The highest BCUT2D eigenvalue weighted by Gasteiger charge is 2.37. The van der Waals surface area contributed by atoms with Gasteiger partial charge in [-0.25, -0.2) is 0 Å². The Balaban J connectivity index is 2.26. The van der Waals surface area contributed by atoms with Crippen LogP contribution in [0, 0.1) is 29.1 Å². The van der Waals surface area contributed by atoms with E-state index in [1.165, 1.54) is 12.8 Å². The van der Waals surface area contributed by atoms with Crippen LogP contribution in [0.5, 0.6) is 0 Å². The summed E-state index contributed by atoms with van der Waals surface area (Å²) in [5, 5.41) is 12.3. The molecule has 1 N–H and O–H groups in total. The van der Waals surface area contributed by atoms with E-state index in [1.54, 1.807) is 0 Å². The lowest BCUT2D eigenvalue weighted by molar-refractivity contribution is 0.330. The molecule has 0 aliphatic heterocycles. The van der Waals surface area contributed by atoms with Crippen LogP contribution >= 0.6 is 0 Å². The second-order valence-corrected chi connectivity index (χ2v) is 5.95. The molecule has 0 aromatic rings. The van der Waals surface area contributed by atoms with Gasteiger partial charge in [-0.05, 0) is 37.0 Å². The summed E-state index contributed by atoms with van der Waals surface area (Å²) in [6, 6.07) is 3.58. The minimum atomic E-state index is 0.650. The number of nitrogens with zero attached hydrogens (tertiary/aromatic N) is 1. The number of nitriles is 1. The predicted molar refractivity (Wildman–Crippen MR) is 68.0 cm³/mol. The Hall–Kier alpha value is -0.550. The topological polar surface area (TPSA) is 35.8 Å². The van der Waals surface area contributed by atoms with E-state index in [4.69, 9.17) is 5.26 Å². The first kappa shape index (κ1) is 13.5. The summed E-state index contributed by atoms with van der Waals surface area (Å²) in [6.07, 6.45) is 4.35. The lowest BCUT2D eigenvalue weighted by Crippen LogP contribution is -2.37. The molecule has 0 spiro atoms. The van der Waals surface area contributed by atoms with Crippen molar-refractivity contribution in [3.05, 3.63) is 0 Å². The number of nitrogens with one attached hydrogen (secondary N) is 1. The highest BCUT2D eigenvalue weighted by atomic mass is 15.0. The van der Waals surface area contributed by atoms with E-state index in [-0.39, 0.29) is 0 Å². The highest BCUT2D eigenvalue weighted by Crippen LogP contribution is 2.35. The third-order valence-electron chi connectivity index (χ3n) is 3.51. The van der Waals surface area contributed by atoms with Gasteiger partial charge in [-0.2, -0.15) is 5.26 Å². The fourth-order valence-electron chi connectivity index (χ4n) is 2.34. The van der Waals surface area contributed by atoms with Crippen LogP contribution in [0.15, 0.2) is 0 Å². The first-order valence-corrected chi connectivity index (χ1v) is 6.67. The van der Waals surface area contributed by atoms with Crippen LogP contribution in [-0.4, -0.2) is 12.1 Å². The molecule has 0 radical (unpaired) electrons. The van der Waals surface area contributed by atoms with Crippen LogP contribution in [0.2, 0.25) is 0 Å². The van der Waals surface area contributed by atoms with E-state index in [0.29, 0.717) is 18.0 Å². The molecule has 16 heavy (non-hydrogen) atoms. The summed E-state index contributed by atoms with van der Waals surface area (Å²) in [6.45, 7) is 9.17. The maximum Gasteiger partial charge on any atom is 0.0621 e. The van der Waals surface area contributed by atoms with Crippen molar-refractivity contribution >= 4 is 0 Å². The minimum absolute atomic E-state index is 0.650. The zero-order valence-electron chi connectivity index (χ0n) is 11.2. The van der Waals surface area contributed by atoms with E-state index < -0.39 is 0 Å². The predicted octanol–water partition coefficient (Wildman–Crippen LogP) is 3.34. The molecule has 0 heterocycles. The maximum atomic E-state index is 8.55. The van der Waals surface area contributed by atoms with Crippen molar-refractivity contribution in [1.29, 1.82) is 5.26 Å². The van der Waals surface area contributed by atoms with Gasteiger partial charge >= 0.3 is 0 Å². The third-order valence-corrected chi connectivity index (χ3v) is 3.51. The quantitative estimate of drug-likeness (QED) is 0.717. The molecule has 2 heteroatoms. The molecule has 1 fully saturated rings. The van der Waals surface area contributed by atoms with E-state index in [2.05, 4.69) is 39.1 Å². The van der Waals surface area contributed by atoms with Gasteiger partial charge in [0.25, 0.3) is 0 Å². The molecule has 92 valence electrons. The van der Waals surface area contributed by atoms with Crippen molar-refractivity contribution in [3.63, 3.8) is 0 Å². The molecule has 1 aliphatic carbocycles. The molecule has 3 atom stereocenters. The van der Waals surface area contributed by atoms with Gasteiger partial charge in [0, 0.05) is 18.5 Å².